The van der Waals surface area contributed by atoms with E-state index in [1.54, 1.807) is 12.1 Å². The molecule has 0 saturated heterocycles. The lowest BCUT2D eigenvalue weighted by Gasteiger charge is -2.03. The van der Waals surface area contributed by atoms with Gasteiger partial charge < -0.3 is 5.11 Å². The van der Waals surface area contributed by atoms with Crippen molar-refractivity contribution in [3.8, 4) is 0 Å². The number of benzene rings is 2. The number of halogens is 1. The molecule has 1 N–H and O–H groups in total. The molecule has 0 saturated carbocycles. The van der Waals surface area contributed by atoms with E-state index in [-0.39, 0.29) is 12.4 Å². The van der Waals surface area contributed by atoms with Gasteiger partial charge in [-0.1, -0.05) is 24.3 Å². The Bertz CT molecular complexity index is 535. The molecule has 2 rings (SSSR count). The minimum Gasteiger partial charge on any atom is -0.392 e. The molecule has 0 aromatic heterocycles. The zero-order valence-corrected chi connectivity index (χ0v) is 10.5. The van der Waals surface area contributed by atoms with E-state index in [4.69, 9.17) is 5.11 Å². The molecule has 0 spiro atoms. The molecular formula is C14H13FO2S. The predicted octanol–water partition coefficient (Wildman–Crippen LogP) is 2.63. The van der Waals surface area contributed by atoms with E-state index in [0.717, 1.165) is 11.1 Å². The highest BCUT2D eigenvalue weighted by molar-refractivity contribution is 7.84. The molecule has 1 unspecified atom stereocenters. The van der Waals surface area contributed by atoms with Crippen molar-refractivity contribution in [2.45, 2.75) is 17.3 Å². The van der Waals surface area contributed by atoms with E-state index in [0.29, 0.717) is 10.6 Å². The van der Waals surface area contributed by atoms with Gasteiger partial charge in [0.1, 0.15) is 5.82 Å². The summed E-state index contributed by atoms with van der Waals surface area (Å²) in [5, 5.41) is 8.92. The molecule has 4 heteroatoms. The van der Waals surface area contributed by atoms with E-state index in [1.807, 2.05) is 12.1 Å². The molecule has 0 aliphatic rings. The summed E-state index contributed by atoms with van der Waals surface area (Å²) in [4.78, 5) is 0.614. The lowest BCUT2D eigenvalue weighted by atomic mass is 10.2. The van der Waals surface area contributed by atoms with Crippen molar-refractivity contribution in [1.82, 2.24) is 0 Å². The highest BCUT2D eigenvalue weighted by Crippen LogP contribution is 2.14. The first-order valence-corrected chi connectivity index (χ1v) is 6.83. The van der Waals surface area contributed by atoms with Gasteiger partial charge in [-0.15, -0.1) is 0 Å². The van der Waals surface area contributed by atoms with Crippen molar-refractivity contribution in [3.63, 3.8) is 0 Å². The Hall–Kier alpha value is -1.52. The Morgan fingerprint density at radius 3 is 2.06 bits per heavy atom. The van der Waals surface area contributed by atoms with Crippen LogP contribution in [-0.4, -0.2) is 9.32 Å². The molecule has 1 atom stereocenters. The highest BCUT2D eigenvalue weighted by atomic mass is 32.2. The molecule has 0 fully saturated rings. The van der Waals surface area contributed by atoms with Crippen LogP contribution in [0.15, 0.2) is 53.4 Å². The third-order valence-electron chi connectivity index (χ3n) is 2.58. The number of rotatable bonds is 4. The first-order valence-electron chi connectivity index (χ1n) is 5.51. The molecular weight excluding hydrogens is 251 g/mol. The lowest BCUT2D eigenvalue weighted by molar-refractivity contribution is 0.282. The van der Waals surface area contributed by atoms with Crippen LogP contribution in [0.4, 0.5) is 4.39 Å². The van der Waals surface area contributed by atoms with Crippen molar-refractivity contribution >= 4 is 10.8 Å². The van der Waals surface area contributed by atoms with Crippen LogP contribution in [0.25, 0.3) is 0 Å². The minimum absolute atomic E-state index is 0.00132. The van der Waals surface area contributed by atoms with Gasteiger partial charge >= 0.3 is 0 Å². The molecule has 0 amide bonds. The van der Waals surface area contributed by atoms with Crippen LogP contribution >= 0.6 is 0 Å². The second-order valence-electron chi connectivity index (χ2n) is 3.92. The number of aliphatic hydroxyl groups excluding tert-OH is 1. The van der Waals surface area contributed by atoms with Crippen molar-refractivity contribution in [2.24, 2.45) is 0 Å². The molecule has 0 aliphatic heterocycles. The summed E-state index contributed by atoms with van der Waals surface area (Å²) in [6.07, 6.45) is 0. The van der Waals surface area contributed by atoms with Crippen molar-refractivity contribution in [3.05, 3.63) is 65.5 Å². The third-order valence-corrected chi connectivity index (χ3v) is 3.97. The standard InChI is InChI=1S/C14H13FO2S/c15-13-5-7-14(8-6-13)18(17)10-12-3-1-11(9-16)2-4-12/h1-8,16H,9-10H2. The van der Waals surface area contributed by atoms with Gasteiger partial charge in [0.2, 0.25) is 0 Å². The quantitative estimate of drug-likeness (QED) is 0.921. The van der Waals surface area contributed by atoms with Crippen LogP contribution in [0, 0.1) is 5.82 Å². The summed E-state index contributed by atoms with van der Waals surface area (Å²) in [6, 6.07) is 13.0. The highest BCUT2D eigenvalue weighted by Gasteiger charge is 2.05. The molecule has 2 aromatic carbocycles. The number of hydrogen-bond acceptors (Lipinski definition) is 2. The van der Waals surface area contributed by atoms with Gasteiger partial charge in [-0.05, 0) is 35.4 Å². The van der Waals surface area contributed by atoms with Crippen LogP contribution in [0.3, 0.4) is 0 Å². The first kappa shape index (κ1) is 12.9. The fraction of sp³-hybridized carbons (Fsp3) is 0.143. The molecule has 0 heterocycles. The molecule has 0 aliphatic carbocycles. The fourth-order valence-electron chi connectivity index (χ4n) is 1.56. The predicted molar refractivity (Wildman–Crippen MR) is 68.9 cm³/mol. The van der Waals surface area contributed by atoms with Crippen LogP contribution in [0.2, 0.25) is 0 Å². The van der Waals surface area contributed by atoms with Gasteiger partial charge in [0.25, 0.3) is 0 Å². The molecule has 0 radical (unpaired) electrons. The van der Waals surface area contributed by atoms with Gasteiger partial charge in [0, 0.05) is 4.90 Å². The number of aliphatic hydroxyl groups is 1. The zero-order chi connectivity index (χ0) is 13.0. The summed E-state index contributed by atoms with van der Waals surface area (Å²) < 4.78 is 24.8. The Kier molecular flexibility index (Phi) is 4.23. The van der Waals surface area contributed by atoms with Gasteiger partial charge in [-0.3, -0.25) is 4.21 Å². The van der Waals surface area contributed by atoms with E-state index < -0.39 is 10.8 Å². The Labute approximate surface area is 108 Å². The monoisotopic (exact) mass is 264 g/mol. The van der Waals surface area contributed by atoms with Crippen LogP contribution in [-0.2, 0) is 23.2 Å². The number of hydrogen-bond donors (Lipinski definition) is 1. The SMILES string of the molecule is O=S(Cc1ccc(CO)cc1)c1ccc(F)cc1. The van der Waals surface area contributed by atoms with Gasteiger partial charge in [0.05, 0.1) is 23.2 Å². The Morgan fingerprint density at radius 2 is 1.50 bits per heavy atom. The maximum absolute atomic E-state index is 12.7. The van der Waals surface area contributed by atoms with E-state index in [2.05, 4.69) is 0 Å². The van der Waals surface area contributed by atoms with Crippen LogP contribution < -0.4 is 0 Å². The van der Waals surface area contributed by atoms with E-state index in [1.165, 1.54) is 24.3 Å². The average molecular weight is 264 g/mol. The van der Waals surface area contributed by atoms with Crippen molar-refractivity contribution in [1.29, 1.82) is 0 Å². The summed E-state index contributed by atoms with van der Waals surface area (Å²) in [6.45, 7) is 0.00132. The molecule has 0 bridgehead atoms. The zero-order valence-electron chi connectivity index (χ0n) is 9.67. The van der Waals surface area contributed by atoms with Gasteiger partial charge in [0.15, 0.2) is 0 Å². The summed E-state index contributed by atoms with van der Waals surface area (Å²) in [7, 11) is -1.18. The molecule has 94 valence electrons. The maximum atomic E-state index is 12.7. The molecule has 2 nitrogen and oxygen atoms in total. The Morgan fingerprint density at radius 1 is 0.944 bits per heavy atom. The largest absolute Gasteiger partial charge is 0.392 e. The lowest BCUT2D eigenvalue weighted by Crippen LogP contribution is -1.97. The van der Waals surface area contributed by atoms with Crippen LogP contribution in [0.5, 0.6) is 0 Å². The fourth-order valence-corrected chi connectivity index (χ4v) is 2.66. The van der Waals surface area contributed by atoms with E-state index >= 15 is 0 Å². The molecule has 18 heavy (non-hydrogen) atoms. The van der Waals surface area contributed by atoms with Crippen molar-refractivity contribution < 1.29 is 13.7 Å². The van der Waals surface area contributed by atoms with Crippen LogP contribution in [0.1, 0.15) is 11.1 Å². The van der Waals surface area contributed by atoms with Gasteiger partial charge in [-0.2, -0.15) is 0 Å². The second-order valence-corrected chi connectivity index (χ2v) is 5.37. The summed E-state index contributed by atoms with van der Waals surface area (Å²) >= 11 is 0. The average Bonchev–Trinajstić information content (AvgIpc) is 2.40. The maximum Gasteiger partial charge on any atom is 0.123 e. The van der Waals surface area contributed by atoms with Gasteiger partial charge in [-0.25, -0.2) is 4.39 Å². The summed E-state index contributed by atoms with van der Waals surface area (Å²) in [5.74, 6) is 0.0557. The topological polar surface area (TPSA) is 37.3 Å². The second kappa shape index (κ2) is 5.89. The summed E-state index contributed by atoms with van der Waals surface area (Å²) in [5.41, 5.74) is 1.75. The third kappa shape index (κ3) is 3.24. The minimum atomic E-state index is -1.18. The van der Waals surface area contributed by atoms with Crippen molar-refractivity contribution in [2.75, 3.05) is 0 Å². The van der Waals surface area contributed by atoms with E-state index in [9.17, 15) is 8.60 Å². The molecule has 2 aromatic rings. The smallest absolute Gasteiger partial charge is 0.123 e. The Balaban J connectivity index is 2.08. The first-order chi connectivity index (χ1) is 8.69. The normalized spacial score (nSPS) is 12.3.